The minimum Gasteiger partial charge on any atom is -0.399 e. The molecule has 0 aliphatic heterocycles. The number of imidazole rings is 1. The SMILES string of the molecule is Nc1ccc(-c2nc3c4ccc(N)cc4c4cc(N)ccc4c3[nH]2)cc1. The number of aromatic nitrogens is 2. The maximum Gasteiger partial charge on any atom is 0.138 e. The molecule has 1 heterocycles. The summed E-state index contributed by atoms with van der Waals surface area (Å²) in [5.74, 6) is 0.808. The first-order chi connectivity index (χ1) is 12.6. The highest BCUT2D eigenvalue weighted by atomic mass is 14.9. The number of nitrogens with one attached hydrogen (secondary N) is 1. The predicted octanol–water partition coefficient (Wildman–Crippen LogP) is 4.28. The molecule has 4 aromatic carbocycles. The normalized spacial score (nSPS) is 11.5. The van der Waals surface area contributed by atoms with Crippen LogP contribution < -0.4 is 17.2 Å². The van der Waals surface area contributed by atoms with E-state index in [9.17, 15) is 0 Å². The number of nitrogen functional groups attached to an aromatic ring is 3. The highest BCUT2D eigenvalue weighted by Gasteiger charge is 2.14. The Kier molecular flexibility index (Phi) is 2.88. The minimum atomic E-state index is 0.717. The third-order valence-corrected chi connectivity index (χ3v) is 4.79. The standard InChI is InChI=1S/C21H17N5/c22-12-3-1-11(2-4-12)21-25-19-15-7-5-13(23)9-17(15)18-10-14(24)6-8-16(18)20(19)26-21/h1-10H,22-24H2,(H,25,26). The monoisotopic (exact) mass is 339 g/mol. The van der Waals surface area contributed by atoms with Gasteiger partial charge in [0.05, 0.1) is 11.0 Å². The van der Waals surface area contributed by atoms with Gasteiger partial charge in [-0.15, -0.1) is 0 Å². The molecular formula is C21H17N5. The zero-order valence-corrected chi connectivity index (χ0v) is 14.0. The van der Waals surface area contributed by atoms with E-state index in [0.717, 1.165) is 61.0 Å². The van der Waals surface area contributed by atoms with Crippen LogP contribution in [0.25, 0.3) is 44.0 Å². The third-order valence-electron chi connectivity index (χ3n) is 4.79. The summed E-state index contributed by atoms with van der Waals surface area (Å²) in [6.45, 7) is 0. The second-order valence-corrected chi connectivity index (χ2v) is 6.54. The summed E-state index contributed by atoms with van der Waals surface area (Å²) in [5, 5.41) is 4.23. The average Bonchev–Trinajstić information content (AvgIpc) is 3.07. The Hall–Kier alpha value is -3.73. The Morgan fingerprint density at radius 1 is 0.615 bits per heavy atom. The van der Waals surface area contributed by atoms with Crippen LogP contribution in [0.4, 0.5) is 17.1 Å². The topological polar surface area (TPSA) is 107 Å². The van der Waals surface area contributed by atoms with Crippen LogP contribution in [0.5, 0.6) is 0 Å². The van der Waals surface area contributed by atoms with Crippen LogP contribution in [0.15, 0.2) is 60.7 Å². The van der Waals surface area contributed by atoms with E-state index < -0.39 is 0 Å². The summed E-state index contributed by atoms with van der Waals surface area (Å²) in [6.07, 6.45) is 0. The van der Waals surface area contributed by atoms with Gasteiger partial charge in [0.25, 0.3) is 0 Å². The van der Waals surface area contributed by atoms with E-state index in [1.165, 1.54) is 0 Å². The average molecular weight is 339 g/mol. The van der Waals surface area contributed by atoms with Gasteiger partial charge in [-0.1, -0.05) is 12.1 Å². The van der Waals surface area contributed by atoms with Crippen molar-refractivity contribution in [1.82, 2.24) is 9.97 Å². The lowest BCUT2D eigenvalue weighted by atomic mass is 9.99. The molecule has 0 amide bonds. The number of anilines is 3. The van der Waals surface area contributed by atoms with Crippen LogP contribution in [0.3, 0.4) is 0 Å². The lowest BCUT2D eigenvalue weighted by Crippen LogP contribution is -1.89. The van der Waals surface area contributed by atoms with Gasteiger partial charge < -0.3 is 22.2 Å². The van der Waals surface area contributed by atoms with E-state index in [-0.39, 0.29) is 0 Å². The van der Waals surface area contributed by atoms with Crippen molar-refractivity contribution in [3.05, 3.63) is 60.7 Å². The van der Waals surface area contributed by atoms with Gasteiger partial charge in [0.15, 0.2) is 0 Å². The third kappa shape index (κ3) is 2.07. The molecule has 5 aromatic rings. The Bertz CT molecular complexity index is 1220. The summed E-state index contributed by atoms with van der Waals surface area (Å²) in [5.41, 5.74) is 22.9. The highest BCUT2D eigenvalue weighted by Crippen LogP contribution is 2.37. The smallest absolute Gasteiger partial charge is 0.138 e. The fraction of sp³-hybridized carbons (Fsp3) is 0. The molecule has 0 bridgehead atoms. The van der Waals surface area contributed by atoms with Gasteiger partial charge in [0, 0.05) is 33.4 Å². The van der Waals surface area contributed by atoms with Gasteiger partial charge in [-0.25, -0.2) is 4.98 Å². The molecule has 1 aromatic heterocycles. The van der Waals surface area contributed by atoms with E-state index in [2.05, 4.69) is 4.98 Å². The number of hydrogen-bond donors (Lipinski definition) is 4. The molecule has 7 N–H and O–H groups in total. The molecule has 5 rings (SSSR count). The van der Waals surface area contributed by atoms with Crippen LogP contribution >= 0.6 is 0 Å². The van der Waals surface area contributed by atoms with Gasteiger partial charge in [0.1, 0.15) is 5.82 Å². The zero-order valence-electron chi connectivity index (χ0n) is 14.0. The second-order valence-electron chi connectivity index (χ2n) is 6.54. The molecule has 0 radical (unpaired) electrons. The van der Waals surface area contributed by atoms with E-state index in [1.54, 1.807) is 0 Å². The molecule has 0 atom stereocenters. The predicted molar refractivity (Wildman–Crippen MR) is 110 cm³/mol. The molecule has 126 valence electrons. The summed E-state index contributed by atoms with van der Waals surface area (Å²) >= 11 is 0. The number of H-pyrrole nitrogens is 1. The van der Waals surface area contributed by atoms with Crippen LogP contribution in [-0.2, 0) is 0 Å². The fourth-order valence-corrected chi connectivity index (χ4v) is 3.53. The van der Waals surface area contributed by atoms with Gasteiger partial charge in [-0.3, -0.25) is 0 Å². The van der Waals surface area contributed by atoms with Crippen molar-refractivity contribution < 1.29 is 0 Å². The highest BCUT2D eigenvalue weighted by molar-refractivity contribution is 6.24. The zero-order chi connectivity index (χ0) is 17.8. The Labute approximate surface area is 149 Å². The first kappa shape index (κ1) is 14.6. The van der Waals surface area contributed by atoms with Crippen molar-refractivity contribution in [3.63, 3.8) is 0 Å². The Morgan fingerprint density at radius 2 is 1.19 bits per heavy atom. The molecule has 0 unspecified atom stereocenters. The number of hydrogen-bond acceptors (Lipinski definition) is 4. The maximum atomic E-state index is 6.04. The van der Waals surface area contributed by atoms with Crippen molar-refractivity contribution in [2.75, 3.05) is 17.2 Å². The van der Waals surface area contributed by atoms with Crippen molar-refractivity contribution in [3.8, 4) is 11.4 Å². The summed E-state index contributed by atoms with van der Waals surface area (Å²) in [4.78, 5) is 8.35. The first-order valence-electron chi connectivity index (χ1n) is 8.36. The summed E-state index contributed by atoms with van der Waals surface area (Å²) in [6, 6.07) is 19.5. The number of benzene rings is 4. The van der Waals surface area contributed by atoms with Crippen molar-refractivity contribution in [2.45, 2.75) is 0 Å². The quantitative estimate of drug-likeness (QED) is 0.270. The van der Waals surface area contributed by atoms with Gasteiger partial charge >= 0.3 is 0 Å². The molecule has 0 aliphatic carbocycles. The van der Waals surface area contributed by atoms with Gasteiger partial charge in [0.2, 0.25) is 0 Å². The first-order valence-corrected chi connectivity index (χ1v) is 8.36. The lowest BCUT2D eigenvalue weighted by Gasteiger charge is -2.07. The lowest BCUT2D eigenvalue weighted by molar-refractivity contribution is 1.34. The molecule has 5 heteroatoms. The van der Waals surface area contributed by atoms with Crippen molar-refractivity contribution in [2.24, 2.45) is 0 Å². The number of fused-ring (bicyclic) bond motifs is 6. The number of rotatable bonds is 1. The van der Waals surface area contributed by atoms with Crippen molar-refractivity contribution >= 4 is 49.6 Å². The largest absolute Gasteiger partial charge is 0.399 e. The van der Waals surface area contributed by atoms with Crippen LogP contribution in [0.2, 0.25) is 0 Å². The molecule has 26 heavy (non-hydrogen) atoms. The molecule has 0 aliphatic rings. The van der Waals surface area contributed by atoms with Crippen molar-refractivity contribution in [1.29, 1.82) is 0 Å². The molecule has 0 saturated heterocycles. The van der Waals surface area contributed by atoms with Crippen LogP contribution in [0.1, 0.15) is 0 Å². The van der Waals surface area contributed by atoms with Gasteiger partial charge in [-0.05, 0) is 59.3 Å². The second kappa shape index (κ2) is 5.13. The molecule has 0 saturated carbocycles. The fourth-order valence-electron chi connectivity index (χ4n) is 3.53. The van der Waals surface area contributed by atoms with E-state index in [4.69, 9.17) is 22.2 Å². The van der Waals surface area contributed by atoms with E-state index >= 15 is 0 Å². The molecule has 0 spiro atoms. The van der Waals surface area contributed by atoms with Crippen LogP contribution in [-0.4, -0.2) is 9.97 Å². The van der Waals surface area contributed by atoms with Crippen LogP contribution in [0, 0.1) is 0 Å². The number of nitrogens with zero attached hydrogens (tertiary/aromatic N) is 1. The summed E-state index contributed by atoms with van der Waals surface area (Å²) < 4.78 is 0. The minimum absolute atomic E-state index is 0.717. The number of aromatic amines is 1. The Morgan fingerprint density at radius 3 is 1.88 bits per heavy atom. The molecular weight excluding hydrogens is 322 g/mol. The molecule has 0 fully saturated rings. The summed E-state index contributed by atoms with van der Waals surface area (Å²) in [7, 11) is 0. The van der Waals surface area contributed by atoms with E-state index in [0.29, 0.717) is 0 Å². The molecule has 5 nitrogen and oxygen atoms in total. The number of nitrogens with two attached hydrogens (primary N) is 3. The maximum absolute atomic E-state index is 6.04. The van der Waals surface area contributed by atoms with Gasteiger partial charge in [-0.2, -0.15) is 0 Å². The Balaban J connectivity index is 1.94. The van der Waals surface area contributed by atoms with E-state index in [1.807, 2.05) is 60.7 Å².